The molecule has 2 saturated heterocycles. The highest BCUT2D eigenvalue weighted by Gasteiger charge is 2.43. The second-order valence-electron chi connectivity index (χ2n) is 5.55. The molecule has 1 N–H and O–H groups in total. The van der Waals surface area contributed by atoms with E-state index >= 15 is 0 Å². The zero-order chi connectivity index (χ0) is 15.6. The monoisotopic (exact) mass is 324 g/mol. The van der Waals surface area contributed by atoms with Gasteiger partial charge in [0.05, 0.1) is 6.54 Å². The number of likely N-dealkylation sites (tertiary alicyclic amines) is 1. The number of benzene rings is 1. The van der Waals surface area contributed by atoms with E-state index in [1.165, 1.54) is 0 Å². The van der Waals surface area contributed by atoms with Gasteiger partial charge in [0.15, 0.2) is 6.61 Å². The molecule has 2 fully saturated rings. The van der Waals surface area contributed by atoms with Crippen molar-refractivity contribution in [2.75, 3.05) is 26.2 Å². The molecule has 2 aliphatic rings. The molecular weight excluding hydrogens is 308 g/mol. The lowest BCUT2D eigenvalue weighted by molar-refractivity contribution is -0.136. The van der Waals surface area contributed by atoms with Crippen LogP contribution in [0, 0.1) is 0 Å². The number of rotatable bonds is 3. The maximum absolute atomic E-state index is 12.2. The van der Waals surface area contributed by atoms with Crippen molar-refractivity contribution >= 4 is 23.6 Å². The van der Waals surface area contributed by atoms with E-state index in [9.17, 15) is 9.59 Å². The van der Waals surface area contributed by atoms with E-state index in [0.717, 1.165) is 0 Å². The summed E-state index contributed by atoms with van der Waals surface area (Å²) in [5, 5.41) is 3.30. The van der Waals surface area contributed by atoms with Crippen molar-refractivity contribution in [1.29, 1.82) is 0 Å². The first-order chi connectivity index (χ1) is 10.6. The van der Waals surface area contributed by atoms with Gasteiger partial charge in [-0.25, -0.2) is 4.79 Å². The van der Waals surface area contributed by atoms with Crippen molar-refractivity contribution in [3.05, 3.63) is 29.3 Å². The smallest absolute Gasteiger partial charge is 0.407 e. The van der Waals surface area contributed by atoms with Crippen molar-refractivity contribution in [3.8, 4) is 5.75 Å². The predicted octanol–water partition coefficient (Wildman–Crippen LogP) is 1.82. The summed E-state index contributed by atoms with van der Waals surface area (Å²) < 4.78 is 10.8. The Balaban J connectivity index is 1.48. The van der Waals surface area contributed by atoms with Gasteiger partial charge in [-0.3, -0.25) is 4.79 Å². The van der Waals surface area contributed by atoms with E-state index in [1.807, 2.05) is 0 Å². The Kier molecular flexibility index (Phi) is 4.11. The molecule has 2 amide bonds. The largest absolute Gasteiger partial charge is 0.484 e. The highest BCUT2D eigenvalue weighted by Crippen LogP contribution is 2.29. The molecule has 0 unspecified atom stereocenters. The molecule has 7 heteroatoms. The van der Waals surface area contributed by atoms with Crippen LogP contribution in [0.3, 0.4) is 0 Å². The quantitative estimate of drug-likeness (QED) is 0.921. The molecule has 22 heavy (non-hydrogen) atoms. The second-order valence-corrected chi connectivity index (χ2v) is 5.99. The predicted molar refractivity (Wildman–Crippen MR) is 80.0 cm³/mol. The summed E-state index contributed by atoms with van der Waals surface area (Å²) in [5.41, 5.74) is -0.440. The molecule has 6 nitrogen and oxygen atoms in total. The van der Waals surface area contributed by atoms with Crippen LogP contribution in [0.25, 0.3) is 0 Å². The van der Waals surface area contributed by atoms with E-state index in [0.29, 0.717) is 43.2 Å². The second kappa shape index (κ2) is 6.04. The van der Waals surface area contributed by atoms with Crippen LogP contribution in [0.4, 0.5) is 4.79 Å². The normalized spacial score (nSPS) is 19.7. The Morgan fingerprint density at radius 3 is 2.59 bits per heavy atom. The van der Waals surface area contributed by atoms with E-state index in [-0.39, 0.29) is 18.6 Å². The van der Waals surface area contributed by atoms with Crippen LogP contribution in [-0.4, -0.2) is 48.7 Å². The highest BCUT2D eigenvalue weighted by atomic mass is 35.5. The molecule has 2 aliphatic heterocycles. The fourth-order valence-electron chi connectivity index (χ4n) is 2.71. The lowest BCUT2D eigenvalue weighted by Crippen LogP contribution is -2.49. The van der Waals surface area contributed by atoms with Crippen LogP contribution in [0.15, 0.2) is 24.3 Å². The SMILES string of the molecule is O=C1NCC2(CCN(C(=O)COc3ccc(Cl)cc3)CC2)O1. The molecular formula is C15H17ClN2O4. The van der Waals surface area contributed by atoms with E-state index in [4.69, 9.17) is 21.1 Å². The fraction of sp³-hybridized carbons (Fsp3) is 0.467. The average molecular weight is 325 g/mol. The van der Waals surface area contributed by atoms with Gasteiger partial charge in [-0.05, 0) is 24.3 Å². The molecule has 1 aromatic rings. The number of piperidine rings is 1. The summed E-state index contributed by atoms with van der Waals surface area (Å²) in [7, 11) is 0. The van der Waals surface area contributed by atoms with Gasteiger partial charge in [0.2, 0.25) is 0 Å². The van der Waals surface area contributed by atoms with E-state index < -0.39 is 5.60 Å². The minimum atomic E-state index is -0.440. The minimum Gasteiger partial charge on any atom is -0.484 e. The number of hydrogen-bond acceptors (Lipinski definition) is 4. The van der Waals surface area contributed by atoms with Gasteiger partial charge < -0.3 is 19.7 Å². The molecule has 0 bridgehead atoms. The maximum Gasteiger partial charge on any atom is 0.407 e. The molecule has 1 aromatic carbocycles. The third kappa shape index (κ3) is 3.27. The van der Waals surface area contributed by atoms with Gasteiger partial charge in [0.25, 0.3) is 5.91 Å². The Labute approximate surface area is 133 Å². The zero-order valence-electron chi connectivity index (χ0n) is 12.0. The topological polar surface area (TPSA) is 67.9 Å². The molecule has 3 rings (SSSR count). The van der Waals surface area contributed by atoms with E-state index in [2.05, 4.69) is 5.32 Å². The van der Waals surface area contributed by atoms with Crippen LogP contribution in [0.5, 0.6) is 5.75 Å². The minimum absolute atomic E-state index is 0.00727. The molecule has 2 heterocycles. The van der Waals surface area contributed by atoms with Gasteiger partial charge in [0, 0.05) is 31.0 Å². The highest BCUT2D eigenvalue weighted by molar-refractivity contribution is 6.30. The number of hydrogen-bond donors (Lipinski definition) is 1. The first-order valence-electron chi connectivity index (χ1n) is 7.19. The third-order valence-electron chi connectivity index (χ3n) is 4.07. The number of carbonyl (C=O) groups is 2. The number of amides is 2. The Morgan fingerprint density at radius 1 is 1.32 bits per heavy atom. The maximum atomic E-state index is 12.2. The van der Waals surface area contributed by atoms with Gasteiger partial charge >= 0.3 is 6.09 Å². The van der Waals surface area contributed by atoms with Crippen LogP contribution < -0.4 is 10.1 Å². The summed E-state index contributed by atoms with van der Waals surface area (Å²) in [6, 6.07) is 6.88. The number of nitrogens with zero attached hydrogens (tertiary/aromatic N) is 1. The van der Waals surface area contributed by atoms with Gasteiger partial charge in [-0.2, -0.15) is 0 Å². The summed E-state index contributed by atoms with van der Waals surface area (Å²) in [6.07, 6.45) is 0.933. The van der Waals surface area contributed by atoms with Crippen molar-refractivity contribution in [2.24, 2.45) is 0 Å². The number of alkyl carbamates (subject to hydrolysis) is 1. The number of halogens is 1. The van der Waals surface area contributed by atoms with Crippen molar-refractivity contribution in [3.63, 3.8) is 0 Å². The summed E-state index contributed by atoms with van der Waals surface area (Å²) >= 11 is 5.79. The first-order valence-corrected chi connectivity index (χ1v) is 7.57. The van der Waals surface area contributed by atoms with Crippen LogP contribution in [0.2, 0.25) is 5.02 Å². The summed E-state index contributed by atoms with van der Waals surface area (Å²) in [6.45, 7) is 1.65. The van der Waals surface area contributed by atoms with Gasteiger partial charge in [-0.15, -0.1) is 0 Å². The van der Waals surface area contributed by atoms with Gasteiger partial charge in [-0.1, -0.05) is 11.6 Å². The van der Waals surface area contributed by atoms with E-state index in [1.54, 1.807) is 29.2 Å². The van der Waals surface area contributed by atoms with Crippen LogP contribution in [-0.2, 0) is 9.53 Å². The van der Waals surface area contributed by atoms with Gasteiger partial charge in [0.1, 0.15) is 11.4 Å². The zero-order valence-corrected chi connectivity index (χ0v) is 12.8. The Morgan fingerprint density at radius 2 is 2.00 bits per heavy atom. The van der Waals surface area contributed by atoms with Crippen molar-refractivity contribution in [2.45, 2.75) is 18.4 Å². The summed E-state index contributed by atoms with van der Waals surface area (Å²) in [5.74, 6) is 0.544. The van der Waals surface area contributed by atoms with Crippen LogP contribution >= 0.6 is 11.6 Å². The lowest BCUT2D eigenvalue weighted by Gasteiger charge is -2.37. The summed E-state index contributed by atoms with van der Waals surface area (Å²) in [4.78, 5) is 25.1. The molecule has 118 valence electrons. The molecule has 0 aromatic heterocycles. The van der Waals surface area contributed by atoms with Crippen molar-refractivity contribution < 1.29 is 19.1 Å². The van der Waals surface area contributed by atoms with Crippen LogP contribution in [0.1, 0.15) is 12.8 Å². The molecule has 0 aliphatic carbocycles. The lowest BCUT2D eigenvalue weighted by atomic mass is 9.91. The molecule has 0 atom stereocenters. The first kappa shape index (κ1) is 15.0. The molecule has 1 spiro atoms. The Hall–Kier alpha value is -1.95. The average Bonchev–Trinajstić information content (AvgIpc) is 2.88. The number of carbonyl (C=O) groups excluding carboxylic acids is 2. The fourth-order valence-corrected chi connectivity index (χ4v) is 2.84. The molecule has 0 radical (unpaired) electrons. The number of ether oxygens (including phenoxy) is 2. The Bertz CT molecular complexity index is 567. The van der Waals surface area contributed by atoms with Crippen molar-refractivity contribution in [1.82, 2.24) is 10.2 Å². The standard InChI is InChI=1S/C15H17ClN2O4/c16-11-1-3-12(4-2-11)21-9-13(19)18-7-5-15(6-8-18)10-17-14(20)22-15/h1-4H,5-10H2,(H,17,20). The number of nitrogens with one attached hydrogen (secondary N) is 1. The third-order valence-corrected chi connectivity index (χ3v) is 4.32. The molecule has 0 saturated carbocycles.